The molecule has 0 fully saturated rings. The Morgan fingerprint density at radius 2 is 1.96 bits per heavy atom. The van der Waals surface area contributed by atoms with Gasteiger partial charge in [0.1, 0.15) is 5.69 Å². The smallest absolute Gasteiger partial charge is 0.476 e. The summed E-state index contributed by atoms with van der Waals surface area (Å²) in [7, 11) is 0. The van der Waals surface area contributed by atoms with Gasteiger partial charge < -0.3 is 15.2 Å². The van der Waals surface area contributed by atoms with Crippen LogP contribution >= 0.6 is 0 Å². The predicted octanol–water partition coefficient (Wildman–Crippen LogP) is 2.50. The molecule has 9 heteroatoms. The Hall–Kier alpha value is -2.42. The molecule has 2 heterocycles. The molecule has 1 aromatic carbocycles. The maximum atomic E-state index is 13.9. The highest BCUT2D eigenvalue weighted by molar-refractivity contribution is 5.42. The van der Waals surface area contributed by atoms with Crippen molar-refractivity contribution in [3.63, 3.8) is 0 Å². The van der Waals surface area contributed by atoms with E-state index in [0.29, 0.717) is 5.69 Å². The standard InChI is InChI=1S/C14H11F4N3O2/c15-9-7-8(1-2-10(9)23-14(16,17)18)13(19)3-6-22-12-11(13)20-4-5-21-12/h1-2,4-5,7H,3,6,19H2/t13-/m0/s1. The fourth-order valence-corrected chi connectivity index (χ4v) is 2.43. The third-order valence-electron chi connectivity index (χ3n) is 3.50. The van der Waals surface area contributed by atoms with Gasteiger partial charge in [0.25, 0.3) is 0 Å². The zero-order valence-corrected chi connectivity index (χ0v) is 11.6. The lowest BCUT2D eigenvalue weighted by atomic mass is 9.83. The van der Waals surface area contributed by atoms with Crippen LogP contribution in [0.4, 0.5) is 17.6 Å². The van der Waals surface area contributed by atoms with Crippen molar-refractivity contribution in [2.24, 2.45) is 5.73 Å². The monoisotopic (exact) mass is 329 g/mol. The van der Waals surface area contributed by atoms with E-state index in [1.165, 1.54) is 18.5 Å². The number of rotatable bonds is 2. The first kappa shape index (κ1) is 15.5. The highest BCUT2D eigenvalue weighted by Gasteiger charge is 2.39. The first-order chi connectivity index (χ1) is 10.8. The zero-order valence-electron chi connectivity index (χ0n) is 11.6. The van der Waals surface area contributed by atoms with Gasteiger partial charge in [0.2, 0.25) is 5.88 Å². The molecule has 0 saturated heterocycles. The number of alkyl halides is 3. The Morgan fingerprint density at radius 3 is 2.65 bits per heavy atom. The topological polar surface area (TPSA) is 70.3 Å². The minimum absolute atomic E-state index is 0.220. The molecule has 0 bridgehead atoms. The minimum atomic E-state index is -4.97. The molecule has 2 N–H and O–H groups in total. The largest absolute Gasteiger partial charge is 0.573 e. The van der Waals surface area contributed by atoms with Gasteiger partial charge in [0.05, 0.1) is 12.1 Å². The van der Waals surface area contributed by atoms with E-state index >= 15 is 0 Å². The molecule has 0 aliphatic carbocycles. The number of fused-ring (bicyclic) bond motifs is 1. The van der Waals surface area contributed by atoms with Crippen LogP contribution in [-0.4, -0.2) is 22.9 Å². The van der Waals surface area contributed by atoms with Crippen molar-refractivity contribution >= 4 is 0 Å². The number of ether oxygens (including phenoxy) is 2. The van der Waals surface area contributed by atoms with Crippen molar-refractivity contribution < 1.29 is 27.0 Å². The Labute approximate surface area is 128 Å². The van der Waals surface area contributed by atoms with Crippen LogP contribution in [0.15, 0.2) is 30.6 Å². The van der Waals surface area contributed by atoms with Crippen LogP contribution in [-0.2, 0) is 5.54 Å². The lowest BCUT2D eigenvalue weighted by Gasteiger charge is -2.34. The van der Waals surface area contributed by atoms with Gasteiger partial charge in [-0.3, -0.25) is 4.98 Å². The number of aromatic nitrogens is 2. The van der Waals surface area contributed by atoms with E-state index in [9.17, 15) is 17.6 Å². The molecular formula is C14H11F4N3O2. The van der Waals surface area contributed by atoms with Crippen LogP contribution in [0.2, 0.25) is 0 Å². The molecule has 1 aliphatic heterocycles. The summed E-state index contributed by atoms with van der Waals surface area (Å²) in [5, 5.41) is 0. The SMILES string of the molecule is N[C@]1(c2ccc(OC(F)(F)F)c(F)c2)CCOc2nccnc21. The first-order valence-electron chi connectivity index (χ1n) is 6.58. The summed E-state index contributed by atoms with van der Waals surface area (Å²) in [6, 6.07) is 3.07. The van der Waals surface area contributed by atoms with E-state index in [-0.39, 0.29) is 24.5 Å². The van der Waals surface area contributed by atoms with E-state index in [1.54, 1.807) is 0 Å². The molecule has 0 saturated carbocycles. The van der Waals surface area contributed by atoms with Gasteiger partial charge in [-0.15, -0.1) is 13.2 Å². The average molecular weight is 329 g/mol. The van der Waals surface area contributed by atoms with Crippen LogP contribution in [0.5, 0.6) is 11.6 Å². The van der Waals surface area contributed by atoms with Gasteiger partial charge in [0, 0.05) is 18.8 Å². The highest BCUT2D eigenvalue weighted by atomic mass is 19.4. The second-order valence-corrected chi connectivity index (χ2v) is 4.97. The molecule has 0 unspecified atom stereocenters. The van der Waals surface area contributed by atoms with Crippen molar-refractivity contribution in [3.05, 3.63) is 47.7 Å². The van der Waals surface area contributed by atoms with Gasteiger partial charge in [-0.1, -0.05) is 6.07 Å². The molecule has 0 spiro atoms. The third kappa shape index (κ3) is 2.91. The van der Waals surface area contributed by atoms with Gasteiger partial charge in [-0.25, -0.2) is 9.37 Å². The molecule has 1 aromatic heterocycles. The molecule has 1 aliphatic rings. The summed E-state index contributed by atoms with van der Waals surface area (Å²) in [5.41, 5.74) is 5.68. The van der Waals surface area contributed by atoms with E-state index in [4.69, 9.17) is 10.5 Å². The normalized spacial score (nSPS) is 20.6. The summed E-state index contributed by atoms with van der Waals surface area (Å²) >= 11 is 0. The number of nitrogens with two attached hydrogens (primary N) is 1. The van der Waals surface area contributed by atoms with Gasteiger partial charge >= 0.3 is 6.36 Å². The van der Waals surface area contributed by atoms with E-state index in [0.717, 1.165) is 12.1 Å². The van der Waals surface area contributed by atoms with E-state index in [2.05, 4.69) is 14.7 Å². The highest BCUT2D eigenvalue weighted by Crippen LogP contribution is 2.38. The van der Waals surface area contributed by atoms with Crippen LogP contribution in [0.1, 0.15) is 17.7 Å². The fourth-order valence-electron chi connectivity index (χ4n) is 2.43. The van der Waals surface area contributed by atoms with Crippen LogP contribution in [0, 0.1) is 5.82 Å². The zero-order chi connectivity index (χ0) is 16.7. The van der Waals surface area contributed by atoms with Crippen molar-refractivity contribution in [3.8, 4) is 11.6 Å². The average Bonchev–Trinajstić information content (AvgIpc) is 2.48. The summed E-state index contributed by atoms with van der Waals surface area (Å²) in [6.07, 6.45) is -1.87. The Morgan fingerprint density at radius 1 is 1.22 bits per heavy atom. The Kier molecular flexibility index (Phi) is 3.59. The van der Waals surface area contributed by atoms with Crippen molar-refractivity contribution in [2.75, 3.05) is 6.61 Å². The van der Waals surface area contributed by atoms with Gasteiger partial charge in [-0.2, -0.15) is 0 Å². The number of halogens is 4. The molecule has 0 amide bonds. The van der Waals surface area contributed by atoms with Crippen molar-refractivity contribution in [1.82, 2.24) is 9.97 Å². The number of nitrogens with zero attached hydrogens (tertiary/aromatic N) is 2. The molecule has 0 radical (unpaired) electrons. The lowest BCUT2D eigenvalue weighted by Crippen LogP contribution is -2.43. The first-order valence-corrected chi connectivity index (χ1v) is 6.58. The Bertz CT molecular complexity index is 738. The van der Waals surface area contributed by atoms with Gasteiger partial charge in [-0.05, 0) is 17.7 Å². The maximum Gasteiger partial charge on any atom is 0.573 e. The van der Waals surface area contributed by atoms with Crippen LogP contribution < -0.4 is 15.2 Å². The van der Waals surface area contributed by atoms with Crippen molar-refractivity contribution in [2.45, 2.75) is 18.3 Å². The van der Waals surface area contributed by atoms with Crippen molar-refractivity contribution in [1.29, 1.82) is 0 Å². The van der Waals surface area contributed by atoms with Crippen LogP contribution in [0.25, 0.3) is 0 Å². The Balaban J connectivity index is 2.01. The second-order valence-electron chi connectivity index (χ2n) is 4.97. The summed E-state index contributed by atoms with van der Waals surface area (Å²) in [5.74, 6) is -1.87. The maximum absolute atomic E-state index is 13.9. The third-order valence-corrected chi connectivity index (χ3v) is 3.50. The fraction of sp³-hybridized carbons (Fsp3) is 0.286. The summed E-state index contributed by atoms with van der Waals surface area (Å²) < 4.78 is 59.5. The lowest BCUT2D eigenvalue weighted by molar-refractivity contribution is -0.275. The quantitative estimate of drug-likeness (QED) is 0.857. The molecule has 122 valence electrons. The second kappa shape index (κ2) is 5.34. The van der Waals surface area contributed by atoms with E-state index < -0.39 is 23.5 Å². The molecule has 1 atom stereocenters. The molecule has 3 rings (SSSR count). The van der Waals surface area contributed by atoms with Crippen LogP contribution in [0.3, 0.4) is 0 Å². The van der Waals surface area contributed by atoms with Gasteiger partial charge in [0.15, 0.2) is 11.6 Å². The molecule has 23 heavy (non-hydrogen) atoms. The molecular weight excluding hydrogens is 318 g/mol. The minimum Gasteiger partial charge on any atom is -0.476 e. The molecule has 2 aromatic rings. The van der Waals surface area contributed by atoms with E-state index in [1.807, 2.05) is 0 Å². The summed E-state index contributed by atoms with van der Waals surface area (Å²) in [4.78, 5) is 8.11. The summed E-state index contributed by atoms with van der Waals surface area (Å²) in [6.45, 7) is 0.227. The number of benzene rings is 1. The number of hydrogen-bond donors (Lipinski definition) is 1. The number of hydrogen-bond acceptors (Lipinski definition) is 5. The predicted molar refractivity (Wildman–Crippen MR) is 70.2 cm³/mol. The molecule has 5 nitrogen and oxygen atoms in total.